The molecule has 0 saturated carbocycles. The highest BCUT2D eigenvalue weighted by Gasteiger charge is 2.16. The van der Waals surface area contributed by atoms with E-state index < -0.39 is 0 Å². The van der Waals surface area contributed by atoms with Gasteiger partial charge in [0.05, 0.1) is 18.9 Å². The minimum Gasteiger partial charge on any atom is -0.490 e. The molecule has 32 heavy (non-hydrogen) atoms. The lowest BCUT2D eigenvalue weighted by Gasteiger charge is -2.13. The van der Waals surface area contributed by atoms with Crippen LogP contribution in [0, 0.1) is 20.8 Å². The van der Waals surface area contributed by atoms with Crippen LogP contribution in [0.5, 0.6) is 11.5 Å². The van der Waals surface area contributed by atoms with Gasteiger partial charge in [-0.25, -0.2) is 4.98 Å². The van der Waals surface area contributed by atoms with Crippen LogP contribution in [0.3, 0.4) is 0 Å². The number of pyridine rings is 1. The van der Waals surface area contributed by atoms with Crippen molar-refractivity contribution >= 4 is 16.9 Å². The second-order valence-corrected chi connectivity index (χ2v) is 7.96. The van der Waals surface area contributed by atoms with Gasteiger partial charge in [0.1, 0.15) is 0 Å². The molecule has 2 aromatic heterocycles. The molecule has 1 aromatic carbocycles. The highest BCUT2D eigenvalue weighted by molar-refractivity contribution is 5.84. The molecule has 172 valence electrons. The molecule has 3 aromatic rings. The first kappa shape index (κ1) is 23.6. The molecule has 2 heterocycles. The fraction of sp³-hybridized carbons (Fsp3) is 0.480. The summed E-state index contributed by atoms with van der Waals surface area (Å²) >= 11 is 0. The van der Waals surface area contributed by atoms with Gasteiger partial charge in [0.15, 0.2) is 17.1 Å². The third kappa shape index (κ3) is 5.21. The summed E-state index contributed by atoms with van der Waals surface area (Å²) in [5, 5.41) is 8.62. The molecule has 0 saturated heterocycles. The third-order valence-electron chi connectivity index (χ3n) is 5.68. The Balaban J connectivity index is 1.57. The standard InChI is InChI=1S/C25H34N4O3/c1-7-31-21-11-9-19(15-22(21)32-8-2)13-14-26-23(30)12-10-20-16(3)24-18(5)28-29(6)25(24)27-17(20)4/h9,11,15H,7-8,10,12-14H2,1-6H3,(H,26,30). The summed E-state index contributed by atoms with van der Waals surface area (Å²) in [5.41, 5.74) is 6.24. The topological polar surface area (TPSA) is 78.3 Å². The smallest absolute Gasteiger partial charge is 0.220 e. The molecular weight excluding hydrogens is 404 g/mol. The molecule has 0 unspecified atom stereocenters. The molecule has 7 nitrogen and oxygen atoms in total. The zero-order valence-electron chi connectivity index (χ0n) is 20.0. The molecule has 0 aliphatic heterocycles. The third-order valence-corrected chi connectivity index (χ3v) is 5.68. The van der Waals surface area contributed by atoms with E-state index >= 15 is 0 Å². The molecule has 0 atom stereocenters. The monoisotopic (exact) mass is 438 g/mol. The van der Waals surface area contributed by atoms with Gasteiger partial charge < -0.3 is 14.8 Å². The van der Waals surface area contributed by atoms with Gasteiger partial charge in [-0.3, -0.25) is 9.48 Å². The fourth-order valence-electron chi connectivity index (χ4n) is 4.15. The van der Waals surface area contributed by atoms with Crippen LogP contribution < -0.4 is 14.8 Å². The Kier molecular flexibility index (Phi) is 7.72. The molecule has 1 N–H and O–H groups in total. The minimum atomic E-state index is 0.0442. The van der Waals surface area contributed by atoms with Crippen molar-refractivity contribution in [2.24, 2.45) is 7.05 Å². The van der Waals surface area contributed by atoms with E-state index in [1.54, 1.807) is 0 Å². The average Bonchev–Trinajstić information content (AvgIpc) is 3.03. The number of aromatic nitrogens is 3. The molecule has 0 fully saturated rings. The van der Waals surface area contributed by atoms with Crippen LogP contribution in [0.2, 0.25) is 0 Å². The normalized spacial score (nSPS) is 11.1. The van der Waals surface area contributed by atoms with E-state index in [1.807, 2.05) is 57.6 Å². The first-order valence-electron chi connectivity index (χ1n) is 11.3. The number of carbonyl (C=O) groups is 1. The number of rotatable bonds is 10. The number of hydrogen-bond donors (Lipinski definition) is 1. The van der Waals surface area contributed by atoms with Crippen LogP contribution in [0.4, 0.5) is 0 Å². The number of amides is 1. The van der Waals surface area contributed by atoms with Crippen molar-refractivity contribution in [2.75, 3.05) is 19.8 Å². The van der Waals surface area contributed by atoms with E-state index in [1.165, 1.54) is 5.56 Å². The van der Waals surface area contributed by atoms with E-state index in [0.29, 0.717) is 32.6 Å². The summed E-state index contributed by atoms with van der Waals surface area (Å²) in [4.78, 5) is 17.2. The highest BCUT2D eigenvalue weighted by Crippen LogP contribution is 2.29. The van der Waals surface area contributed by atoms with Crippen LogP contribution in [-0.2, 0) is 24.7 Å². The Morgan fingerprint density at radius 2 is 1.75 bits per heavy atom. The lowest BCUT2D eigenvalue weighted by atomic mass is 9.99. The summed E-state index contributed by atoms with van der Waals surface area (Å²) in [6.45, 7) is 11.8. The van der Waals surface area contributed by atoms with Gasteiger partial charge in [-0.15, -0.1) is 0 Å². The minimum absolute atomic E-state index is 0.0442. The maximum absolute atomic E-state index is 12.5. The quantitative estimate of drug-likeness (QED) is 0.518. The molecule has 0 bridgehead atoms. The number of nitrogens with one attached hydrogen (secondary N) is 1. The summed E-state index contributed by atoms with van der Waals surface area (Å²) in [5.74, 6) is 1.54. The lowest BCUT2D eigenvalue weighted by Crippen LogP contribution is -2.26. The highest BCUT2D eigenvalue weighted by atomic mass is 16.5. The summed E-state index contributed by atoms with van der Waals surface area (Å²) in [6.07, 6.45) is 1.83. The Labute approximate surface area is 190 Å². The van der Waals surface area contributed by atoms with Crippen molar-refractivity contribution in [1.82, 2.24) is 20.1 Å². The Hall–Kier alpha value is -3.09. The fourth-order valence-corrected chi connectivity index (χ4v) is 4.15. The molecule has 0 aliphatic rings. The lowest BCUT2D eigenvalue weighted by molar-refractivity contribution is -0.121. The van der Waals surface area contributed by atoms with Gasteiger partial charge in [0.2, 0.25) is 5.91 Å². The van der Waals surface area contributed by atoms with E-state index in [2.05, 4.69) is 17.3 Å². The number of carbonyl (C=O) groups excluding carboxylic acids is 1. The molecular formula is C25H34N4O3. The van der Waals surface area contributed by atoms with Crippen LogP contribution in [0.15, 0.2) is 18.2 Å². The van der Waals surface area contributed by atoms with Gasteiger partial charge in [0.25, 0.3) is 0 Å². The number of aryl methyl sites for hydroxylation is 4. The van der Waals surface area contributed by atoms with Gasteiger partial charge >= 0.3 is 0 Å². The largest absolute Gasteiger partial charge is 0.490 e. The Morgan fingerprint density at radius 1 is 1.03 bits per heavy atom. The van der Waals surface area contributed by atoms with Crippen molar-refractivity contribution in [2.45, 2.75) is 53.9 Å². The number of ether oxygens (including phenoxy) is 2. The molecule has 0 spiro atoms. The summed E-state index contributed by atoms with van der Waals surface area (Å²) < 4.78 is 13.1. The van der Waals surface area contributed by atoms with Crippen molar-refractivity contribution in [3.63, 3.8) is 0 Å². The van der Waals surface area contributed by atoms with Gasteiger partial charge in [-0.05, 0) is 76.3 Å². The Bertz CT molecular complexity index is 1100. The predicted octanol–water partition coefficient (Wildman–Crippen LogP) is 3.98. The number of fused-ring (bicyclic) bond motifs is 1. The molecule has 7 heteroatoms. The molecule has 1 amide bonds. The maximum Gasteiger partial charge on any atom is 0.220 e. The predicted molar refractivity (Wildman–Crippen MR) is 127 cm³/mol. The second-order valence-electron chi connectivity index (χ2n) is 7.96. The molecule has 0 radical (unpaired) electrons. The van der Waals surface area contributed by atoms with Crippen LogP contribution in [0.1, 0.15) is 48.3 Å². The first-order chi connectivity index (χ1) is 15.3. The van der Waals surface area contributed by atoms with Crippen molar-refractivity contribution in [1.29, 1.82) is 0 Å². The first-order valence-corrected chi connectivity index (χ1v) is 11.3. The van der Waals surface area contributed by atoms with Crippen LogP contribution in [0.25, 0.3) is 11.0 Å². The summed E-state index contributed by atoms with van der Waals surface area (Å²) in [6, 6.07) is 5.94. The zero-order chi connectivity index (χ0) is 23.3. The Morgan fingerprint density at radius 3 is 2.47 bits per heavy atom. The van der Waals surface area contributed by atoms with Crippen molar-refractivity contribution in [3.05, 3.63) is 46.3 Å². The van der Waals surface area contributed by atoms with Gasteiger partial charge in [-0.2, -0.15) is 5.10 Å². The van der Waals surface area contributed by atoms with Crippen molar-refractivity contribution in [3.8, 4) is 11.5 Å². The zero-order valence-corrected chi connectivity index (χ0v) is 20.0. The maximum atomic E-state index is 12.5. The number of benzene rings is 1. The summed E-state index contributed by atoms with van der Waals surface area (Å²) in [7, 11) is 1.91. The molecule has 3 rings (SSSR count). The van der Waals surface area contributed by atoms with E-state index in [9.17, 15) is 4.79 Å². The average molecular weight is 439 g/mol. The number of hydrogen-bond acceptors (Lipinski definition) is 5. The van der Waals surface area contributed by atoms with Crippen molar-refractivity contribution < 1.29 is 14.3 Å². The van der Waals surface area contributed by atoms with E-state index in [-0.39, 0.29) is 5.91 Å². The van der Waals surface area contributed by atoms with E-state index in [4.69, 9.17) is 14.5 Å². The van der Waals surface area contributed by atoms with Crippen LogP contribution in [-0.4, -0.2) is 40.4 Å². The van der Waals surface area contributed by atoms with Gasteiger partial charge in [0, 0.05) is 31.1 Å². The van der Waals surface area contributed by atoms with E-state index in [0.717, 1.165) is 51.5 Å². The number of nitrogens with zero attached hydrogens (tertiary/aromatic N) is 3. The van der Waals surface area contributed by atoms with Gasteiger partial charge in [-0.1, -0.05) is 6.07 Å². The SMILES string of the molecule is CCOc1ccc(CCNC(=O)CCc2c(C)nc3c(c(C)nn3C)c2C)cc1OCC. The molecule has 0 aliphatic carbocycles. The van der Waals surface area contributed by atoms with Crippen LogP contribution >= 0.6 is 0 Å². The second kappa shape index (κ2) is 10.5.